The summed E-state index contributed by atoms with van der Waals surface area (Å²) in [7, 11) is 0. The number of carbonyl (C=O) groups is 1. The minimum Gasteiger partial charge on any atom is -0.476 e. The first-order chi connectivity index (χ1) is 9.99. The van der Waals surface area contributed by atoms with Gasteiger partial charge in [0.1, 0.15) is 5.76 Å². The maximum atomic E-state index is 11.8. The number of nitrogens with one attached hydrogen (secondary N) is 1. The van der Waals surface area contributed by atoms with E-state index >= 15 is 0 Å². The zero-order valence-electron chi connectivity index (χ0n) is 11.0. The second-order valence-electron chi connectivity index (χ2n) is 4.11. The van der Waals surface area contributed by atoms with Crippen LogP contribution >= 0.6 is 23.2 Å². The van der Waals surface area contributed by atoms with Crippen LogP contribution in [-0.4, -0.2) is 12.5 Å². The van der Waals surface area contributed by atoms with Crippen molar-refractivity contribution in [2.24, 2.45) is 0 Å². The number of hydrogen-bond acceptors (Lipinski definition) is 4. The summed E-state index contributed by atoms with van der Waals surface area (Å²) in [5.74, 6) is -0.164. The third-order valence-corrected chi connectivity index (χ3v) is 3.40. The topological polar surface area (TPSA) is 68.5 Å². The van der Waals surface area contributed by atoms with Crippen LogP contribution in [-0.2, 0) is 4.79 Å². The Bertz CT molecular complexity index is 727. The number of rotatable bonds is 4. The summed E-state index contributed by atoms with van der Waals surface area (Å²) in [5, 5.41) is 3.11. The molecule has 21 heavy (non-hydrogen) atoms. The minimum atomic E-state index is -0.471. The van der Waals surface area contributed by atoms with Crippen molar-refractivity contribution in [3.63, 3.8) is 0 Å². The smallest absolute Gasteiger partial charge is 0.262 e. The molecule has 0 aliphatic carbocycles. The third kappa shape index (κ3) is 3.77. The number of aryl methyl sites for hydroxylation is 1. The molecule has 0 saturated heterocycles. The van der Waals surface area contributed by atoms with Gasteiger partial charge in [-0.05, 0) is 19.1 Å². The van der Waals surface area contributed by atoms with Gasteiger partial charge in [-0.25, -0.2) is 0 Å². The van der Waals surface area contributed by atoms with Gasteiger partial charge < -0.3 is 14.5 Å². The number of hydrogen-bond donors (Lipinski definition) is 1. The summed E-state index contributed by atoms with van der Waals surface area (Å²) in [6, 6.07) is 6.08. The first kappa shape index (κ1) is 15.4. The van der Waals surface area contributed by atoms with E-state index in [9.17, 15) is 9.59 Å². The summed E-state index contributed by atoms with van der Waals surface area (Å²) >= 11 is 11.8. The fourth-order valence-corrected chi connectivity index (χ4v) is 1.95. The summed E-state index contributed by atoms with van der Waals surface area (Å²) in [5.41, 5.74) is 0.0157. The van der Waals surface area contributed by atoms with E-state index in [0.717, 1.165) is 0 Å². The maximum absolute atomic E-state index is 11.8. The van der Waals surface area contributed by atoms with Crippen LogP contribution in [0.3, 0.4) is 0 Å². The molecule has 0 aliphatic rings. The molecular formula is C14H11Cl2NO4. The fourth-order valence-electron chi connectivity index (χ4n) is 1.60. The summed E-state index contributed by atoms with van der Waals surface area (Å²) in [4.78, 5) is 23.4. The van der Waals surface area contributed by atoms with Crippen LogP contribution in [0.25, 0.3) is 0 Å². The van der Waals surface area contributed by atoms with Crippen LogP contribution < -0.4 is 15.5 Å². The van der Waals surface area contributed by atoms with Gasteiger partial charge in [-0.3, -0.25) is 9.59 Å². The molecule has 2 rings (SSSR count). The van der Waals surface area contributed by atoms with Gasteiger partial charge in [-0.2, -0.15) is 0 Å². The Morgan fingerprint density at radius 2 is 2.10 bits per heavy atom. The van der Waals surface area contributed by atoms with Gasteiger partial charge in [0.05, 0.1) is 22.0 Å². The highest BCUT2D eigenvalue weighted by Crippen LogP contribution is 2.29. The lowest BCUT2D eigenvalue weighted by atomic mass is 10.3. The zero-order chi connectivity index (χ0) is 15.4. The molecule has 0 radical (unpaired) electrons. The molecule has 1 heterocycles. The van der Waals surface area contributed by atoms with Crippen LogP contribution in [0.5, 0.6) is 5.75 Å². The third-order valence-electron chi connectivity index (χ3n) is 2.58. The van der Waals surface area contributed by atoms with Crippen molar-refractivity contribution in [2.75, 3.05) is 11.9 Å². The predicted molar refractivity (Wildman–Crippen MR) is 80.3 cm³/mol. The number of ether oxygens (including phenoxy) is 1. The molecule has 0 unspecified atom stereocenters. The van der Waals surface area contributed by atoms with E-state index in [-0.39, 0.29) is 22.8 Å². The van der Waals surface area contributed by atoms with Crippen LogP contribution in [0.4, 0.5) is 5.69 Å². The monoisotopic (exact) mass is 327 g/mol. The highest BCUT2D eigenvalue weighted by atomic mass is 35.5. The van der Waals surface area contributed by atoms with Crippen molar-refractivity contribution in [1.82, 2.24) is 0 Å². The fraction of sp³-hybridized carbons (Fsp3) is 0.143. The van der Waals surface area contributed by atoms with E-state index in [2.05, 4.69) is 5.32 Å². The average Bonchev–Trinajstić information content (AvgIpc) is 2.43. The van der Waals surface area contributed by atoms with Crippen LogP contribution in [0, 0.1) is 6.92 Å². The van der Waals surface area contributed by atoms with Gasteiger partial charge in [0.15, 0.2) is 6.61 Å². The second-order valence-corrected chi connectivity index (χ2v) is 4.89. The molecular weight excluding hydrogens is 317 g/mol. The largest absolute Gasteiger partial charge is 0.476 e. The standard InChI is InChI=1S/C14H11Cl2NO4/c1-8-14(11(18)5-6-20-8)21-7-12(19)17-10-4-2-3-9(15)13(10)16/h2-6H,7H2,1H3,(H,17,19). The van der Waals surface area contributed by atoms with E-state index in [1.165, 1.54) is 12.3 Å². The minimum absolute atomic E-state index is 0.00448. The lowest BCUT2D eigenvalue weighted by molar-refractivity contribution is -0.118. The van der Waals surface area contributed by atoms with Gasteiger partial charge in [-0.15, -0.1) is 0 Å². The Hall–Kier alpha value is -1.98. The van der Waals surface area contributed by atoms with Gasteiger partial charge in [0.2, 0.25) is 11.2 Å². The molecule has 0 saturated carbocycles. The maximum Gasteiger partial charge on any atom is 0.262 e. The molecule has 5 nitrogen and oxygen atoms in total. The van der Waals surface area contributed by atoms with Gasteiger partial charge in [-0.1, -0.05) is 29.3 Å². The van der Waals surface area contributed by atoms with Gasteiger partial charge in [0.25, 0.3) is 5.91 Å². The molecule has 1 aromatic carbocycles. The SMILES string of the molecule is Cc1occc(=O)c1OCC(=O)Nc1cccc(Cl)c1Cl. The molecule has 0 fully saturated rings. The lowest BCUT2D eigenvalue weighted by Crippen LogP contribution is -2.22. The van der Waals surface area contributed by atoms with Crippen molar-refractivity contribution in [1.29, 1.82) is 0 Å². The van der Waals surface area contributed by atoms with Gasteiger partial charge >= 0.3 is 0 Å². The Morgan fingerprint density at radius 1 is 1.33 bits per heavy atom. The Kier molecular flexibility index (Phi) is 4.88. The summed E-state index contributed by atoms with van der Waals surface area (Å²) in [6.07, 6.45) is 1.26. The Morgan fingerprint density at radius 3 is 2.81 bits per heavy atom. The molecule has 1 amide bonds. The van der Waals surface area contributed by atoms with Crippen molar-refractivity contribution < 1.29 is 13.9 Å². The second kappa shape index (κ2) is 6.65. The van der Waals surface area contributed by atoms with Crippen LogP contribution in [0.1, 0.15) is 5.76 Å². The average molecular weight is 328 g/mol. The van der Waals surface area contributed by atoms with Crippen LogP contribution in [0.15, 0.2) is 39.7 Å². The normalized spacial score (nSPS) is 10.2. The number of halogens is 2. The molecule has 0 aliphatic heterocycles. The Balaban J connectivity index is 2.03. The molecule has 2 aromatic rings. The molecule has 110 valence electrons. The van der Waals surface area contributed by atoms with Gasteiger partial charge in [0, 0.05) is 6.07 Å². The molecule has 0 atom stereocenters. The van der Waals surface area contributed by atoms with Crippen molar-refractivity contribution in [3.05, 3.63) is 56.6 Å². The number of benzene rings is 1. The van der Waals surface area contributed by atoms with Crippen LogP contribution in [0.2, 0.25) is 10.0 Å². The summed E-state index contributed by atoms with van der Waals surface area (Å²) < 4.78 is 10.2. The predicted octanol–water partition coefficient (Wildman–Crippen LogP) is 3.27. The summed E-state index contributed by atoms with van der Waals surface area (Å²) in [6.45, 7) is 1.22. The molecule has 1 N–H and O–H groups in total. The van der Waals surface area contributed by atoms with E-state index in [1.807, 2.05) is 0 Å². The quantitative estimate of drug-likeness (QED) is 0.935. The number of carbonyl (C=O) groups excluding carboxylic acids is 1. The zero-order valence-corrected chi connectivity index (χ0v) is 12.5. The molecule has 1 aromatic heterocycles. The Labute approximate surface area is 130 Å². The highest BCUT2D eigenvalue weighted by molar-refractivity contribution is 6.43. The van der Waals surface area contributed by atoms with E-state index in [4.69, 9.17) is 32.4 Å². The molecule has 7 heteroatoms. The molecule has 0 bridgehead atoms. The van der Waals surface area contributed by atoms with Crippen molar-refractivity contribution in [2.45, 2.75) is 6.92 Å². The first-order valence-electron chi connectivity index (χ1n) is 5.94. The first-order valence-corrected chi connectivity index (χ1v) is 6.69. The van der Waals surface area contributed by atoms with E-state index in [1.54, 1.807) is 25.1 Å². The number of amides is 1. The highest BCUT2D eigenvalue weighted by Gasteiger charge is 2.11. The number of anilines is 1. The van der Waals surface area contributed by atoms with Crippen molar-refractivity contribution >= 4 is 34.8 Å². The lowest BCUT2D eigenvalue weighted by Gasteiger charge is -2.09. The van der Waals surface area contributed by atoms with Crippen molar-refractivity contribution in [3.8, 4) is 5.75 Å². The van der Waals surface area contributed by atoms with E-state index in [0.29, 0.717) is 16.5 Å². The molecule has 0 spiro atoms. The van der Waals surface area contributed by atoms with E-state index < -0.39 is 5.91 Å².